The van der Waals surface area contributed by atoms with Crippen LogP contribution in [-0.2, 0) is 9.53 Å². The third-order valence-corrected chi connectivity index (χ3v) is 1.83. The Morgan fingerprint density at radius 3 is 2.60 bits per heavy atom. The number of nitrogens with one attached hydrogen (secondary N) is 1. The summed E-state index contributed by atoms with van der Waals surface area (Å²) in [5, 5.41) is 10.9. The van der Waals surface area contributed by atoms with E-state index in [1.54, 1.807) is 7.05 Å². The van der Waals surface area contributed by atoms with E-state index in [0.29, 0.717) is 19.8 Å². The van der Waals surface area contributed by atoms with Crippen LogP contribution in [0.4, 0.5) is 4.79 Å². The molecular weight excluding hydrogens is 200 g/mol. The molecule has 0 saturated carbocycles. The summed E-state index contributed by atoms with van der Waals surface area (Å²) >= 11 is 0. The van der Waals surface area contributed by atoms with Crippen LogP contribution < -0.4 is 5.32 Å². The molecule has 6 nitrogen and oxygen atoms in total. The highest BCUT2D eigenvalue weighted by Crippen LogP contribution is 1.88. The third kappa shape index (κ3) is 5.90. The van der Waals surface area contributed by atoms with Gasteiger partial charge in [-0.2, -0.15) is 0 Å². The average molecular weight is 218 g/mol. The molecule has 0 unspecified atom stereocenters. The van der Waals surface area contributed by atoms with Crippen LogP contribution >= 0.6 is 0 Å². The number of hydrogen-bond acceptors (Lipinski definition) is 3. The molecule has 0 fully saturated rings. The summed E-state index contributed by atoms with van der Waals surface area (Å²) in [6, 6.07) is -1.29. The largest absolute Gasteiger partial charge is 0.480 e. The number of carboxylic acids is 1. The van der Waals surface area contributed by atoms with Crippen molar-refractivity contribution < 1.29 is 19.4 Å². The minimum Gasteiger partial charge on any atom is -0.480 e. The minimum atomic E-state index is -1.05. The Morgan fingerprint density at radius 2 is 2.13 bits per heavy atom. The van der Waals surface area contributed by atoms with Gasteiger partial charge in [0, 0.05) is 20.2 Å². The Hall–Kier alpha value is -1.30. The predicted molar refractivity (Wildman–Crippen MR) is 54.8 cm³/mol. The van der Waals surface area contributed by atoms with Gasteiger partial charge in [-0.15, -0.1) is 0 Å². The molecule has 0 aromatic carbocycles. The lowest BCUT2D eigenvalue weighted by molar-refractivity contribution is -0.138. The molecule has 0 rings (SSSR count). The second-order valence-corrected chi connectivity index (χ2v) is 3.13. The van der Waals surface area contributed by atoms with Crippen LogP contribution in [0.5, 0.6) is 0 Å². The van der Waals surface area contributed by atoms with Gasteiger partial charge < -0.3 is 20.1 Å². The number of carbonyl (C=O) groups excluding carboxylic acids is 1. The van der Waals surface area contributed by atoms with Crippen molar-refractivity contribution in [1.82, 2.24) is 10.2 Å². The zero-order chi connectivity index (χ0) is 11.8. The first-order chi connectivity index (χ1) is 6.99. The lowest BCUT2D eigenvalue weighted by Gasteiger charge is -2.19. The quantitative estimate of drug-likeness (QED) is 0.621. The van der Waals surface area contributed by atoms with Crippen LogP contribution in [0, 0.1) is 0 Å². The molecule has 0 aliphatic rings. The second-order valence-electron chi connectivity index (χ2n) is 3.13. The normalized spacial score (nSPS) is 11.9. The maximum atomic E-state index is 11.3. The molecule has 0 aliphatic carbocycles. The van der Waals surface area contributed by atoms with E-state index < -0.39 is 18.0 Å². The molecule has 0 aliphatic heterocycles. The number of ether oxygens (including phenoxy) is 1. The molecule has 0 spiro atoms. The number of urea groups is 1. The van der Waals surface area contributed by atoms with E-state index in [-0.39, 0.29) is 0 Å². The van der Waals surface area contributed by atoms with Gasteiger partial charge in [-0.05, 0) is 13.8 Å². The van der Waals surface area contributed by atoms with Crippen LogP contribution in [-0.4, -0.2) is 54.9 Å². The van der Waals surface area contributed by atoms with E-state index in [1.807, 2.05) is 6.92 Å². The van der Waals surface area contributed by atoms with E-state index >= 15 is 0 Å². The summed E-state index contributed by atoms with van der Waals surface area (Å²) in [6.07, 6.45) is 0. The smallest absolute Gasteiger partial charge is 0.325 e. The molecule has 88 valence electrons. The van der Waals surface area contributed by atoms with E-state index in [4.69, 9.17) is 9.84 Å². The van der Waals surface area contributed by atoms with E-state index in [1.165, 1.54) is 11.8 Å². The fourth-order valence-electron chi connectivity index (χ4n) is 0.805. The Kier molecular flexibility index (Phi) is 6.44. The van der Waals surface area contributed by atoms with Crippen molar-refractivity contribution >= 4 is 12.0 Å². The maximum absolute atomic E-state index is 11.3. The first-order valence-electron chi connectivity index (χ1n) is 4.81. The number of carbonyl (C=O) groups is 2. The molecule has 6 heteroatoms. The van der Waals surface area contributed by atoms with Crippen molar-refractivity contribution in [1.29, 1.82) is 0 Å². The van der Waals surface area contributed by atoms with Gasteiger partial charge in [0.05, 0.1) is 6.61 Å². The third-order valence-electron chi connectivity index (χ3n) is 1.83. The van der Waals surface area contributed by atoms with Gasteiger partial charge in [-0.1, -0.05) is 0 Å². The van der Waals surface area contributed by atoms with Crippen LogP contribution in [0.2, 0.25) is 0 Å². The molecule has 0 aromatic rings. The van der Waals surface area contributed by atoms with Gasteiger partial charge in [0.1, 0.15) is 6.04 Å². The SMILES string of the molecule is CCOCCN(C)C(=O)N[C@H](C)C(=O)O. The highest BCUT2D eigenvalue weighted by Gasteiger charge is 2.16. The Labute approximate surface area is 89.2 Å². The van der Waals surface area contributed by atoms with E-state index in [0.717, 1.165) is 0 Å². The van der Waals surface area contributed by atoms with Crippen molar-refractivity contribution in [3.8, 4) is 0 Å². The standard InChI is InChI=1S/C9H18N2O4/c1-4-15-6-5-11(3)9(14)10-7(2)8(12)13/h7H,4-6H2,1-3H3,(H,10,14)(H,12,13)/t7-/m1/s1. The summed E-state index contributed by atoms with van der Waals surface area (Å²) < 4.78 is 5.07. The fraction of sp³-hybridized carbons (Fsp3) is 0.778. The van der Waals surface area contributed by atoms with E-state index in [9.17, 15) is 9.59 Å². The number of nitrogens with zero attached hydrogens (tertiary/aromatic N) is 1. The highest BCUT2D eigenvalue weighted by atomic mass is 16.5. The van der Waals surface area contributed by atoms with Crippen molar-refractivity contribution in [2.24, 2.45) is 0 Å². The molecule has 0 saturated heterocycles. The van der Waals surface area contributed by atoms with Crippen molar-refractivity contribution in [2.45, 2.75) is 19.9 Å². The zero-order valence-electron chi connectivity index (χ0n) is 9.32. The Bertz CT molecular complexity index is 220. The second kappa shape index (κ2) is 7.05. The van der Waals surface area contributed by atoms with Gasteiger partial charge in [0.15, 0.2) is 0 Å². The molecule has 0 aromatic heterocycles. The zero-order valence-corrected chi connectivity index (χ0v) is 9.32. The van der Waals surface area contributed by atoms with Crippen molar-refractivity contribution in [3.05, 3.63) is 0 Å². The number of carboxylic acid groups (broad SMARTS) is 1. The number of likely N-dealkylation sites (N-methyl/N-ethyl adjacent to an activating group) is 1. The first kappa shape index (κ1) is 13.7. The first-order valence-corrected chi connectivity index (χ1v) is 4.81. The lowest BCUT2D eigenvalue weighted by Crippen LogP contribution is -2.46. The summed E-state index contributed by atoms with van der Waals surface area (Å²) in [6.45, 7) is 4.76. The Morgan fingerprint density at radius 1 is 1.53 bits per heavy atom. The molecule has 0 radical (unpaired) electrons. The van der Waals surface area contributed by atoms with Crippen LogP contribution in [0.3, 0.4) is 0 Å². The number of amides is 2. The predicted octanol–water partition coefficient (Wildman–Crippen LogP) is 0.137. The molecular formula is C9H18N2O4. The highest BCUT2D eigenvalue weighted by molar-refractivity contribution is 5.82. The van der Waals surface area contributed by atoms with Gasteiger partial charge in [0.25, 0.3) is 0 Å². The molecule has 2 amide bonds. The summed E-state index contributed by atoms with van der Waals surface area (Å²) in [5.41, 5.74) is 0. The molecule has 0 bridgehead atoms. The summed E-state index contributed by atoms with van der Waals surface area (Å²) in [7, 11) is 1.59. The maximum Gasteiger partial charge on any atom is 0.325 e. The monoisotopic (exact) mass is 218 g/mol. The van der Waals surface area contributed by atoms with Gasteiger partial charge >= 0.3 is 12.0 Å². The molecule has 1 atom stereocenters. The van der Waals surface area contributed by atoms with Gasteiger partial charge in [-0.25, -0.2) is 4.79 Å². The number of rotatable bonds is 6. The van der Waals surface area contributed by atoms with Crippen LogP contribution in [0.25, 0.3) is 0 Å². The lowest BCUT2D eigenvalue weighted by atomic mass is 10.3. The van der Waals surface area contributed by atoms with Gasteiger partial charge in [0.2, 0.25) is 0 Å². The van der Waals surface area contributed by atoms with Gasteiger partial charge in [-0.3, -0.25) is 4.79 Å². The van der Waals surface area contributed by atoms with E-state index in [2.05, 4.69) is 5.32 Å². The van der Waals surface area contributed by atoms with Crippen molar-refractivity contribution in [2.75, 3.05) is 26.8 Å². The molecule has 2 N–H and O–H groups in total. The number of aliphatic carboxylic acids is 1. The minimum absolute atomic E-state index is 0.412. The van der Waals surface area contributed by atoms with Crippen LogP contribution in [0.15, 0.2) is 0 Å². The van der Waals surface area contributed by atoms with Crippen molar-refractivity contribution in [3.63, 3.8) is 0 Å². The topological polar surface area (TPSA) is 78.9 Å². The average Bonchev–Trinajstić information content (AvgIpc) is 2.17. The molecule has 0 heterocycles. The fourth-order valence-corrected chi connectivity index (χ4v) is 0.805. The Balaban J connectivity index is 3.83. The number of hydrogen-bond donors (Lipinski definition) is 2. The summed E-state index contributed by atoms with van der Waals surface area (Å²) in [5.74, 6) is -1.05. The van der Waals surface area contributed by atoms with Crippen LogP contribution in [0.1, 0.15) is 13.8 Å². The molecule has 15 heavy (non-hydrogen) atoms. The summed E-state index contributed by atoms with van der Waals surface area (Å²) in [4.78, 5) is 23.2.